The number of amides is 1. The van der Waals surface area contributed by atoms with Crippen LogP contribution in [0.1, 0.15) is 5.56 Å². The average Bonchev–Trinajstić information content (AvgIpc) is 2.64. The van der Waals surface area contributed by atoms with Crippen LogP contribution in [0.5, 0.6) is 0 Å². The van der Waals surface area contributed by atoms with E-state index in [1.807, 2.05) is 60.7 Å². The molecule has 122 valence electrons. The summed E-state index contributed by atoms with van der Waals surface area (Å²) in [5, 5.41) is 10.3. The van der Waals surface area contributed by atoms with Gasteiger partial charge >= 0.3 is 6.09 Å². The average molecular weight is 322 g/mol. The van der Waals surface area contributed by atoms with E-state index in [4.69, 9.17) is 4.74 Å². The van der Waals surface area contributed by atoms with Crippen molar-refractivity contribution in [2.24, 2.45) is 0 Å². The minimum atomic E-state index is -0.532. The van der Waals surface area contributed by atoms with Gasteiger partial charge < -0.3 is 9.84 Å². The lowest BCUT2D eigenvalue weighted by Crippen LogP contribution is -2.34. The number of rotatable bonds is 5. The number of carbonyl (C=O) groups is 1. The van der Waals surface area contributed by atoms with Crippen LogP contribution in [0.25, 0.3) is 10.9 Å². The van der Waals surface area contributed by atoms with Crippen LogP contribution < -0.4 is 4.90 Å². The number of aliphatic hydroxyl groups is 1. The van der Waals surface area contributed by atoms with E-state index in [1.165, 1.54) is 4.90 Å². The van der Waals surface area contributed by atoms with E-state index in [0.29, 0.717) is 5.82 Å². The summed E-state index contributed by atoms with van der Waals surface area (Å²) in [5.41, 5.74) is 1.69. The highest BCUT2D eigenvalue weighted by molar-refractivity contribution is 5.89. The minimum absolute atomic E-state index is 0.124. The first kappa shape index (κ1) is 16.0. The molecule has 1 heterocycles. The summed E-state index contributed by atoms with van der Waals surface area (Å²) in [5.74, 6) is 0.459. The summed E-state index contributed by atoms with van der Waals surface area (Å²) in [4.78, 5) is 18.2. The highest BCUT2D eigenvalue weighted by Gasteiger charge is 2.18. The molecule has 24 heavy (non-hydrogen) atoms. The standard InChI is InChI=1S/C19H18N2O3/c22-13-12-21(19(23)24-14-15-6-2-1-3-7-15)18-11-10-16-8-4-5-9-17(16)20-18/h1-11,22H,12-14H2. The summed E-state index contributed by atoms with van der Waals surface area (Å²) in [7, 11) is 0. The molecule has 0 unspecified atom stereocenters. The predicted octanol–water partition coefficient (Wildman–Crippen LogP) is 3.37. The smallest absolute Gasteiger partial charge is 0.415 e. The number of fused-ring (bicyclic) bond motifs is 1. The Morgan fingerprint density at radius 1 is 1.00 bits per heavy atom. The van der Waals surface area contributed by atoms with Gasteiger partial charge in [-0.15, -0.1) is 0 Å². The molecule has 0 atom stereocenters. The number of aliphatic hydroxyl groups excluding tert-OH is 1. The zero-order chi connectivity index (χ0) is 16.8. The second-order valence-electron chi connectivity index (χ2n) is 5.28. The van der Waals surface area contributed by atoms with Gasteiger partial charge in [0.05, 0.1) is 18.7 Å². The monoisotopic (exact) mass is 322 g/mol. The lowest BCUT2D eigenvalue weighted by molar-refractivity contribution is 0.145. The van der Waals surface area contributed by atoms with Crippen molar-refractivity contribution in [2.45, 2.75) is 6.61 Å². The van der Waals surface area contributed by atoms with Crippen LogP contribution in [0, 0.1) is 0 Å². The van der Waals surface area contributed by atoms with E-state index < -0.39 is 6.09 Å². The molecule has 2 aromatic carbocycles. The fourth-order valence-electron chi connectivity index (χ4n) is 2.40. The van der Waals surface area contributed by atoms with Crippen molar-refractivity contribution in [1.82, 2.24) is 4.98 Å². The normalized spacial score (nSPS) is 10.5. The number of aromatic nitrogens is 1. The number of para-hydroxylation sites is 1. The molecule has 1 aromatic heterocycles. The Bertz CT molecular complexity index is 821. The molecule has 0 fully saturated rings. The largest absolute Gasteiger partial charge is 0.444 e. The Hall–Kier alpha value is -2.92. The number of pyridine rings is 1. The Kier molecular flexibility index (Phi) is 5.03. The number of nitrogens with zero attached hydrogens (tertiary/aromatic N) is 2. The number of ether oxygens (including phenoxy) is 1. The molecule has 0 aliphatic heterocycles. The summed E-state index contributed by atoms with van der Waals surface area (Å²) < 4.78 is 5.35. The maximum absolute atomic E-state index is 12.4. The van der Waals surface area contributed by atoms with Gasteiger partial charge in [-0.05, 0) is 23.8 Å². The molecule has 1 amide bonds. The van der Waals surface area contributed by atoms with Crippen LogP contribution in [0.4, 0.5) is 10.6 Å². The summed E-state index contributed by atoms with van der Waals surface area (Å²) in [6.07, 6.45) is -0.532. The highest BCUT2D eigenvalue weighted by Crippen LogP contribution is 2.19. The van der Waals surface area contributed by atoms with E-state index in [1.54, 1.807) is 6.07 Å². The SMILES string of the molecule is O=C(OCc1ccccc1)N(CCO)c1ccc2ccccc2n1. The van der Waals surface area contributed by atoms with Crippen molar-refractivity contribution >= 4 is 22.8 Å². The number of hydrogen-bond donors (Lipinski definition) is 1. The Balaban J connectivity index is 1.78. The van der Waals surface area contributed by atoms with Gasteiger partial charge in [0.15, 0.2) is 0 Å². The summed E-state index contributed by atoms with van der Waals surface area (Å²) in [6.45, 7) is 0.128. The number of hydrogen-bond acceptors (Lipinski definition) is 4. The van der Waals surface area contributed by atoms with Crippen molar-refractivity contribution < 1.29 is 14.6 Å². The maximum atomic E-state index is 12.4. The van der Waals surface area contributed by atoms with Gasteiger partial charge in [0.2, 0.25) is 0 Å². The van der Waals surface area contributed by atoms with Crippen LogP contribution in [-0.2, 0) is 11.3 Å². The number of benzene rings is 2. The summed E-state index contributed by atoms with van der Waals surface area (Å²) in [6, 6.07) is 20.8. The lowest BCUT2D eigenvalue weighted by Gasteiger charge is -2.20. The number of anilines is 1. The highest BCUT2D eigenvalue weighted by atomic mass is 16.6. The lowest BCUT2D eigenvalue weighted by atomic mass is 10.2. The molecule has 0 aliphatic carbocycles. The second-order valence-corrected chi connectivity index (χ2v) is 5.28. The van der Waals surface area contributed by atoms with Crippen LogP contribution >= 0.6 is 0 Å². The van der Waals surface area contributed by atoms with E-state index in [0.717, 1.165) is 16.5 Å². The van der Waals surface area contributed by atoms with Crippen molar-refractivity contribution in [3.63, 3.8) is 0 Å². The van der Waals surface area contributed by atoms with Crippen LogP contribution in [0.15, 0.2) is 66.7 Å². The molecule has 3 aromatic rings. The first-order valence-electron chi connectivity index (χ1n) is 7.73. The molecule has 5 heteroatoms. The Morgan fingerprint density at radius 3 is 2.54 bits per heavy atom. The van der Waals surface area contributed by atoms with E-state index >= 15 is 0 Å². The van der Waals surface area contributed by atoms with E-state index in [9.17, 15) is 9.90 Å². The third-order valence-corrected chi connectivity index (χ3v) is 3.61. The molecule has 0 saturated heterocycles. The Labute approximate surface area is 140 Å². The molecule has 0 saturated carbocycles. The van der Waals surface area contributed by atoms with Crippen LogP contribution in [-0.4, -0.2) is 29.3 Å². The fraction of sp³-hybridized carbons (Fsp3) is 0.158. The van der Waals surface area contributed by atoms with Gasteiger partial charge in [-0.1, -0.05) is 48.5 Å². The molecule has 0 radical (unpaired) electrons. The first-order valence-corrected chi connectivity index (χ1v) is 7.73. The van der Waals surface area contributed by atoms with Gasteiger partial charge in [-0.3, -0.25) is 4.90 Å². The van der Waals surface area contributed by atoms with Crippen molar-refractivity contribution in [2.75, 3.05) is 18.1 Å². The Morgan fingerprint density at radius 2 is 1.75 bits per heavy atom. The van der Waals surface area contributed by atoms with Gasteiger partial charge in [0.1, 0.15) is 12.4 Å². The molecule has 3 rings (SSSR count). The zero-order valence-corrected chi connectivity index (χ0v) is 13.1. The topological polar surface area (TPSA) is 62.7 Å². The van der Waals surface area contributed by atoms with E-state index in [2.05, 4.69) is 4.98 Å². The van der Waals surface area contributed by atoms with Crippen molar-refractivity contribution in [3.05, 3.63) is 72.3 Å². The molecule has 0 spiro atoms. The molecule has 0 aliphatic rings. The molecule has 1 N–H and O–H groups in total. The van der Waals surface area contributed by atoms with Gasteiger partial charge in [-0.25, -0.2) is 9.78 Å². The quantitative estimate of drug-likeness (QED) is 0.782. The van der Waals surface area contributed by atoms with Crippen LogP contribution in [0.2, 0.25) is 0 Å². The van der Waals surface area contributed by atoms with Gasteiger partial charge in [0, 0.05) is 5.39 Å². The number of carbonyl (C=O) groups excluding carboxylic acids is 1. The second kappa shape index (κ2) is 7.57. The van der Waals surface area contributed by atoms with Gasteiger partial charge in [-0.2, -0.15) is 0 Å². The molecular formula is C19H18N2O3. The molecule has 5 nitrogen and oxygen atoms in total. The minimum Gasteiger partial charge on any atom is -0.444 e. The summed E-state index contributed by atoms with van der Waals surface area (Å²) >= 11 is 0. The van der Waals surface area contributed by atoms with Crippen molar-refractivity contribution in [3.8, 4) is 0 Å². The van der Waals surface area contributed by atoms with E-state index in [-0.39, 0.29) is 19.8 Å². The third-order valence-electron chi connectivity index (χ3n) is 3.61. The van der Waals surface area contributed by atoms with Gasteiger partial charge in [0.25, 0.3) is 0 Å². The van der Waals surface area contributed by atoms with Crippen molar-refractivity contribution in [1.29, 1.82) is 0 Å². The molecular weight excluding hydrogens is 304 g/mol. The maximum Gasteiger partial charge on any atom is 0.415 e. The molecule has 0 bridgehead atoms. The fourth-order valence-corrected chi connectivity index (χ4v) is 2.40. The predicted molar refractivity (Wildman–Crippen MR) is 92.8 cm³/mol. The first-order chi connectivity index (χ1) is 11.8. The van der Waals surface area contributed by atoms with Crippen LogP contribution in [0.3, 0.4) is 0 Å². The zero-order valence-electron chi connectivity index (χ0n) is 13.1. The third kappa shape index (κ3) is 3.70.